The van der Waals surface area contributed by atoms with E-state index in [1.165, 1.54) is 12.8 Å². The normalized spacial score (nSPS) is 27.2. The number of anilines is 1. The van der Waals surface area contributed by atoms with Crippen molar-refractivity contribution in [2.24, 2.45) is 0 Å². The van der Waals surface area contributed by atoms with Gasteiger partial charge in [0.2, 0.25) is 0 Å². The Labute approximate surface area is 118 Å². The molecule has 1 aromatic carbocycles. The molecule has 1 aromatic rings. The maximum Gasteiger partial charge on any atom is 0.146 e. The number of fused-ring (bicyclic) bond motifs is 1. The van der Waals surface area contributed by atoms with Gasteiger partial charge in [0.05, 0.1) is 24.4 Å². The first-order valence-corrected chi connectivity index (χ1v) is 7.55. The molecule has 1 aliphatic heterocycles. The molecule has 0 radical (unpaired) electrons. The molecular weight excluding hydrogens is 265 g/mol. The average Bonchev–Trinajstić information content (AvgIpc) is 2.46. The summed E-state index contributed by atoms with van der Waals surface area (Å²) in [4.78, 5) is 2.20. The zero-order valence-electron chi connectivity index (χ0n) is 10.9. The van der Waals surface area contributed by atoms with Crippen LogP contribution >= 0.6 is 11.6 Å². The smallest absolute Gasteiger partial charge is 0.146 e. The molecule has 2 fully saturated rings. The van der Waals surface area contributed by atoms with Gasteiger partial charge in [-0.15, -0.1) is 11.6 Å². The summed E-state index contributed by atoms with van der Waals surface area (Å²) in [5.74, 6) is 0.191. The number of benzene rings is 1. The fraction of sp³-hybridized carbons (Fsp3) is 0.600. The standard InChI is InChI=1S/C15H19ClFNO/c16-10-11-5-6-13(12(17)9-11)18-7-8-19-15-4-2-1-3-14(15)18/h5-6,9,14-15H,1-4,7-8,10H2. The van der Waals surface area contributed by atoms with Crippen molar-refractivity contribution < 1.29 is 9.13 Å². The highest BCUT2D eigenvalue weighted by atomic mass is 35.5. The van der Waals surface area contributed by atoms with Gasteiger partial charge >= 0.3 is 0 Å². The second-order valence-electron chi connectivity index (χ2n) is 5.37. The Hall–Kier alpha value is -0.800. The first kappa shape index (κ1) is 13.2. The second-order valence-corrected chi connectivity index (χ2v) is 5.64. The molecule has 0 spiro atoms. The van der Waals surface area contributed by atoms with Gasteiger partial charge in [-0.1, -0.05) is 18.9 Å². The highest BCUT2D eigenvalue weighted by molar-refractivity contribution is 6.17. The van der Waals surface area contributed by atoms with Gasteiger partial charge in [0.15, 0.2) is 0 Å². The van der Waals surface area contributed by atoms with E-state index < -0.39 is 0 Å². The number of nitrogens with zero attached hydrogens (tertiary/aromatic N) is 1. The van der Waals surface area contributed by atoms with Crippen molar-refractivity contribution in [1.82, 2.24) is 0 Å². The van der Waals surface area contributed by atoms with Crippen LogP contribution in [0.4, 0.5) is 10.1 Å². The molecule has 1 saturated carbocycles. The van der Waals surface area contributed by atoms with Gasteiger partial charge < -0.3 is 9.64 Å². The van der Waals surface area contributed by atoms with E-state index in [2.05, 4.69) is 4.90 Å². The van der Waals surface area contributed by atoms with Gasteiger partial charge in [-0.3, -0.25) is 0 Å². The molecule has 1 saturated heterocycles. The van der Waals surface area contributed by atoms with Crippen LogP contribution in [-0.4, -0.2) is 25.3 Å². The van der Waals surface area contributed by atoms with Crippen LogP contribution in [0.25, 0.3) is 0 Å². The lowest BCUT2D eigenvalue weighted by molar-refractivity contribution is -0.00891. The summed E-state index contributed by atoms with van der Waals surface area (Å²) < 4.78 is 20.1. The van der Waals surface area contributed by atoms with Crippen molar-refractivity contribution in [3.63, 3.8) is 0 Å². The summed E-state index contributed by atoms with van der Waals surface area (Å²) >= 11 is 5.75. The SMILES string of the molecule is Fc1cc(CCl)ccc1N1CCOC2CCCCC21. The van der Waals surface area contributed by atoms with E-state index in [0.717, 1.165) is 24.9 Å². The third kappa shape index (κ3) is 2.59. The number of halogens is 2. The van der Waals surface area contributed by atoms with Crippen LogP contribution in [0.1, 0.15) is 31.2 Å². The molecular formula is C15H19ClFNO. The van der Waals surface area contributed by atoms with Gasteiger partial charge in [0, 0.05) is 12.4 Å². The maximum absolute atomic E-state index is 14.2. The maximum atomic E-state index is 14.2. The van der Waals surface area contributed by atoms with E-state index in [-0.39, 0.29) is 11.9 Å². The quantitative estimate of drug-likeness (QED) is 0.767. The van der Waals surface area contributed by atoms with Gasteiger partial charge in [-0.25, -0.2) is 4.39 Å². The van der Waals surface area contributed by atoms with Crippen LogP contribution < -0.4 is 4.90 Å². The van der Waals surface area contributed by atoms with Crippen molar-refractivity contribution in [3.05, 3.63) is 29.6 Å². The molecule has 2 atom stereocenters. The second kappa shape index (κ2) is 5.68. The van der Waals surface area contributed by atoms with Gasteiger partial charge in [0.25, 0.3) is 0 Å². The van der Waals surface area contributed by atoms with Crippen LogP contribution in [0.2, 0.25) is 0 Å². The lowest BCUT2D eigenvalue weighted by Gasteiger charge is -2.45. The summed E-state index contributed by atoms with van der Waals surface area (Å²) in [5.41, 5.74) is 1.53. The minimum Gasteiger partial charge on any atom is -0.374 e. The Kier molecular flexibility index (Phi) is 3.94. The van der Waals surface area contributed by atoms with Crippen molar-refractivity contribution >= 4 is 17.3 Å². The number of morpholine rings is 1. The highest BCUT2D eigenvalue weighted by Gasteiger charge is 2.35. The van der Waals surface area contributed by atoms with E-state index in [1.807, 2.05) is 12.1 Å². The number of alkyl halides is 1. The molecule has 0 amide bonds. The molecule has 0 N–H and O–H groups in total. The third-order valence-corrected chi connectivity index (χ3v) is 4.52. The fourth-order valence-electron chi connectivity index (χ4n) is 3.26. The monoisotopic (exact) mass is 283 g/mol. The summed E-state index contributed by atoms with van der Waals surface area (Å²) in [5, 5.41) is 0. The predicted molar refractivity (Wildman–Crippen MR) is 75.3 cm³/mol. The Morgan fingerprint density at radius 3 is 2.95 bits per heavy atom. The number of hydrogen-bond acceptors (Lipinski definition) is 2. The molecule has 1 heterocycles. The van der Waals surface area contributed by atoms with E-state index in [4.69, 9.17) is 16.3 Å². The van der Waals surface area contributed by atoms with Crippen LogP contribution in [0.3, 0.4) is 0 Å². The van der Waals surface area contributed by atoms with Crippen molar-refractivity contribution in [3.8, 4) is 0 Å². The summed E-state index contributed by atoms with van der Waals surface area (Å²) in [6.07, 6.45) is 4.91. The fourth-order valence-corrected chi connectivity index (χ4v) is 3.43. The van der Waals surface area contributed by atoms with Crippen LogP contribution in [0.5, 0.6) is 0 Å². The number of hydrogen-bond donors (Lipinski definition) is 0. The number of rotatable bonds is 2. The van der Waals surface area contributed by atoms with Gasteiger partial charge in [-0.2, -0.15) is 0 Å². The van der Waals surface area contributed by atoms with E-state index >= 15 is 0 Å². The topological polar surface area (TPSA) is 12.5 Å². The van der Waals surface area contributed by atoms with Gasteiger partial charge in [-0.05, 0) is 30.5 Å². The zero-order valence-corrected chi connectivity index (χ0v) is 11.7. The predicted octanol–water partition coefficient (Wildman–Crippen LogP) is 3.71. The van der Waals surface area contributed by atoms with Crippen LogP contribution in [-0.2, 0) is 10.6 Å². The summed E-state index contributed by atoms with van der Waals surface area (Å²) in [7, 11) is 0. The molecule has 4 heteroatoms. The summed E-state index contributed by atoms with van der Waals surface area (Å²) in [6.45, 7) is 1.47. The Morgan fingerprint density at radius 1 is 1.32 bits per heavy atom. The van der Waals surface area contributed by atoms with E-state index in [1.54, 1.807) is 6.07 Å². The van der Waals surface area contributed by atoms with Crippen molar-refractivity contribution in [2.45, 2.75) is 43.7 Å². The van der Waals surface area contributed by atoms with E-state index in [0.29, 0.717) is 24.2 Å². The Morgan fingerprint density at radius 2 is 2.16 bits per heavy atom. The Bertz CT molecular complexity index is 452. The molecule has 19 heavy (non-hydrogen) atoms. The average molecular weight is 284 g/mol. The lowest BCUT2D eigenvalue weighted by Crippen LogP contribution is -2.53. The van der Waals surface area contributed by atoms with E-state index in [9.17, 15) is 4.39 Å². The molecule has 2 nitrogen and oxygen atoms in total. The molecule has 2 aliphatic rings. The van der Waals surface area contributed by atoms with Crippen molar-refractivity contribution in [2.75, 3.05) is 18.1 Å². The molecule has 1 aliphatic carbocycles. The number of ether oxygens (including phenoxy) is 1. The minimum absolute atomic E-state index is 0.163. The lowest BCUT2D eigenvalue weighted by atomic mass is 9.89. The van der Waals surface area contributed by atoms with Gasteiger partial charge in [0.1, 0.15) is 5.82 Å². The molecule has 3 rings (SSSR count). The highest BCUT2D eigenvalue weighted by Crippen LogP contribution is 2.33. The first-order chi connectivity index (χ1) is 9.29. The zero-order chi connectivity index (χ0) is 13.2. The molecule has 2 unspecified atom stereocenters. The minimum atomic E-state index is -0.163. The molecule has 104 valence electrons. The van der Waals surface area contributed by atoms with Crippen LogP contribution in [0, 0.1) is 5.82 Å². The molecule has 0 aromatic heterocycles. The van der Waals surface area contributed by atoms with Crippen molar-refractivity contribution in [1.29, 1.82) is 0 Å². The largest absolute Gasteiger partial charge is 0.374 e. The molecule has 0 bridgehead atoms. The van der Waals surface area contributed by atoms with Crippen LogP contribution in [0.15, 0.2) is 18.2 Å². The first-order valence-electron chi connectivity index (χ1n) is 7.02. The summed E-state index contributed by atoms with van der Waals surface area (Å²) in [6, 6.07) is 5.66. The Balaban J connectivity index is 1.87. The third-order valence-electron chi connectivity index (χ3n) is 4.21.